The van der Waals surface area contributed by atoms with E-state index >= 15 is 0 Å². The van der Waals surface area contributed by atoms with Gasteiger partial charge in [-0.05, 0) is 30.5 Å². The fourth-order valence-corrected chi connectivity index (χ4v) is 2.34. The van der Waals surface area contributed by atoms with Crippen LogP contribution in [0.1, 0.15) is 31.2 Å². The molecule has 0 radical (unpaired) electrons. The summed E-state index contributed by atoms with van der Waals surface area (Å²) in [7, 11) is 1.68. The van der Waals surface area contributed by atoms with Crippen molar-refractivity contribution in [2.75, 3.05) is 20.3 Å². The van der Waals surface area contributed by atoms with Gasteiger partial charge in [-0.25, -0.2) is 0 Å². The van der Waals surface area contributed by atoms with Gasteiger partial charge in [-0.15, -0.1) is 0 Å². The lowest BCUT2D eigenvalue weighted by Gasteiger charge is -2.12. The Morgan fingerprint density at radius 1 is 1.11 bits per heavy atom. The van der Waals surface area contributed by atoms with Gasteiger partial charge in [0.1, 0.15) is 12.4 Å². The highest BCUT2D eigenvalue weighted by molar-refractivity contribution is 5.27. The molecule has 3 heteroatoms. The third-order valence-corrected chi connectivity index (χ3v) is 3.43. The minimum Gasteiger partial charge on any atom is -0.491 e. The average molecular weight is 249 g/mol. The second kappa shape index (κ2) is 7.39. The number of hydrogen-bond acceptors (Lipinski definition) is 3. The quantitative estimate of drug-likeness (QED) is 0.754. The monoisotopic (exact) mass is 249 g/mol. The number of benzene rings is 1. The fraction of sp³-hybridized carbons (Fsp3) is 0.600. The Balaban J connectivity index is 1.72. The highest BCUT2D eigenvalue weighted by atomic mass is 16.5. The molecule has 1 aromatic rings. The van der Waals surface area contributed by atoms with Crippen LogP contribution in [-0.2, 0) is 11.3 Å². The first-order chi connectivity index (χ1) is 8.88. The summed E-state index contributed by atoms with van der Waals surface area (Å²) in [4.78, 5) is 0. The van der Waals surface area contributed by atoms with Crippen LogP contribution in [0.25, 0.3) is 0 Å². The van der Waals surface area contributed by atoms with E-state index in [0.717, 1.165) is 18.3 Å². The molecule has 0 amide bonds. The Labute approximate surface area is 109 Å². The van der Waals surface area contributed by atoms with Crippen LogP contribution in [0, 0.1) is 0 Å². The zero-order valence-corrected chi connectivity index (χ0v) is 11.2. The summed E-state index contributed by atoms with van der Waals surface area (Å²) in [6.07, 6.45) is 5.42. The van der Waals surface area contributed by atoms with Gasteiger partial charge in [0.05, 0.1) is 6.61 Å². The molecular weight excluding hydrogens is 226 g/mol. The van der Waals surface area contributed by atoms with Crippen molar-refractivity contribution in [3.63, 3.8) is 0 Å². The number of methoxy groups -OCH3 is 1. The number of ether oxygens (including phenoxy) is 2. The first kappa shape index (κ1) is 13.4. The Bertz CT molecular complexity index is 331. The maximum atomic E-state index is 5.53. The molecule has 0 unspecified atom stereocenters. The van der Waals surface area contributed by atoms with Gasteiger partial charge in [0.2, 0.25) is 0 Å². The van der Waals surface area contributed by atoms with Crippen molar-refractivity contribution in [1.29, 1.82) is 0 Å². The van der Waals surface area contributed by atoms with Crippen LogP contribution in [0.15, 0.2) is 24.3 Å². The molecule has 1 N–H and O–H groups in total. The Morgan fingerprint density at radius 2 is 1.83 bits per heavy atom. The summed E-state index contributed by atoms with van der Waals surface area (Å²) < 4.78 is 10.5. The number of rotatable bonds is 7. The Kier molecular flexibility index (Phi) is 5.49. The third kappa shape index (κ3) is 4.31. The molecule has 0 bridgehead atoms. The molecule has 0 spiro atoms. The van der Waals surface area contributed by atoms with Crippen molar-refractivity contribution in [3.05, 3.63) is 29.8 Å². The van der Waals surface area contributed by atoms with E-state index in [1.165, 1.54) is 31.2 Å². The van der Waals surface area contributed by atoms with Crippen molar-refractivity contribution in [2.24, 2.45) is 0 Å². The van der Waals surface area contributed by atoms with Crippen LogP contribution in [-0.4, -0.2) is 26.4 Å². The van der Waals surface area contributed by atoms with E-state index in [1.54, 1.807) is 7.11 Å². The topological polar surface area (TPSA) is 30.5 Å². The van der Waals surface area contributed by atoms with E-state index in [9.17, 15) is 0 Å². The minimum atomic E-state index is 0.607. The lowest BCUT2D eigenvalue weighted by molar-refractivity contribution is 0.146. The van der Waals surface area contributed by atoms with Crippen LogP contribution >= 0.6 is 0 Å². The Morgan fingerprint density at radius 3 is 2.50 bits per heavy atom. The number of hydrogen-bond donors (Lipinski definition) is 1. The van der Waals surface area contributed by atoms with E-state index in [-0.39, 0.29) is 0 Å². The van der Waals surface area contributed by atoms with E-state index < -0.39 is 0 Å². The summed E-state index contributed by atoms with van der Waals surface area (Å²) in [6, 6.07) is 9.04. The standard InChI is InChI=1S/C15H23NO2/c1-17-10-11-18-15-8-6-13(7-9-15)12-16-14-4-2-3-5-14/h6-9,14,16H,2-5,10-12H2,1H3. The molecule has 0 aromatic heterocycles. The van der Waals surface area contributed by atoms with Gasteiger partial charge in [0, 0.05) is 19.7 Å². The molecule has 2 rings (SSSR count). The predicted octanol–water partition coefficient (Wildman–Crippen LogP) is 2.74. The summed E-state index contributed by atoms with van der Waals surface area (Å²) >= 11 is 0. The number of nitrogens with one attached hydrogen (secondary N) is 1. The largest absolute Gasteiger partial charge is 0.491 e. The SMILES string of the molecule is COCCOc1ccc(CNC2CCCC2)cc1. The van der Waals surface area contributed by atoms with Gasteiger partial charge < -0.3 is 14.8 Å². The summed E-state index contributed by atoms with van der Waals surface area (Å²) in [5, 5.41) is 3.61. The molecule has 1 fully saturated rings. The van der Waals surface area contributed by atoms with Gasteiger partial charge in [0.25, 0.3) is 0 Å². The molecule has 0 saturated heterocycles. The molecule has 3 nitrogen and oxygen atoms in total. The van der Waals surface area contributed by atoms with Gasteiger partial charge in [-0.1, -0.05) is 25.0 Å². The van der Waals surface area contributed by atoms with Crippen LogP contribution < -0.4 is 10.1 Å². The van der Waals surface area contributed by atoms with Gasteiger partial charge in [-0.3, -0.25) is 0 Å². The van der Waals surface area contributed by atoms with Crippen molar-refractivity contribution >= 4 is 0 Å². The minimum absolute atomic E-state index is 0.607. The maximum Gasteiger partial charge on any atom is 0.119 e. The van der Waals surface area contributed by atoms with E-state index in [0.29, 0.717) is 13.2 Å². The predicted molar refractivity (Wildman–Crippen MR) is 72.9 cm³/mol. The van der Waals surface area contributed by atoms with Gasteiger partial charge in [-0.2, -0.15) is 0 Å². The van der Waals surface area contributed by atoms with E-state index in [2.05, 4.69) is 17.4 Å². The molecule has 0 aliphatic heterocycles. The Hall–Kier alpha value is -1.06. The summed E-state index contributed by atoms with van der Waals surface area (Å²) in [5.41, 5.74) is 1.32. The normalized spacial score (nSPS) is 16.1. The highest BCUT2D eigenvalue weighted by Crippen LogP contribution is 2.18. The van der Waals surface area contributed by atoms with Crippen LogP contribution in [0.2, 0.25) is 0 Å². The van der Waals surface area contributed by atoms with Gasteiger partial charge >= 0.3 is 0 Å². The lowest BCUT2D eigenvalue weighted by Crippen LogP contribution is -2.25. The van der Waals surface area contributed by atoms with Crippen molar-refractivity contribution in [3.8, 4) is 5.75 Å². The molecule has 1 saturated carbocycles. The van der Waals surface area contributed by atoms with Crippen LogP contribution in [0.4, 0.5) is 0 Å². The van der Waals surface area contributed by atoms with Crippen LogP contribution in [0.5, 0.6) is 5.75 Å². The molecule has 1 aliphatic carbocycles. The lowest BCUT2D eigenvalue weighted by atomic mass is 10.2. The second-order valence-electron chi connectivity index (χ2n) is 4.85. The summed E-state index contributed by atoms with van der Waals surface area (Å²) in [5.74, 6) is 0.914. The average Bonchev–Trinajstić information content (AvgIpc) is 2.91. The molecule has 1 aliphatic rings. The third-order valence-electron chi connectivity index (χ3n) is 3.43. The molecule has 0 atom stereocenters. The smallest absolute Gasteiger partial charge is 0.119 e. The van der Waals surface area contributed by atoms with Crippen molar-refractivity contribution in [1.82, 2.24) is 5.32 Å². The zero-order valence-electron chi connectivity index (χ0n) is 11.2. The fourth-order valence-electron chi connectivity index (χ4n) is 2.34. The molecule has 1 aromatic carbocycles. The zero-order chi connectivity index (χ0) is 12.6. The van der Waals surface area contributed by atoms with Crippen molar-refractivity contribution < 1.29 is 9.47 Å². The van der Waals surface area contributed by atoms with Gasteiger partial charge in [0.15, 0.2) is 0 Å². The van der Waals surface area contributed by atoms with E-state index in [4.69, 9.17) is 9.47 Å². The molecule has 18 heavy (non-hydrogen) atoms. The van der Waals surface area contributed by atoms with Crippen molar-refractivity contribution in [2.45, 2.75) is 38.3 Å². The van der Waals surface area contributed by atoms with Crippen LogP contribution in [0.3, 0.4) is 0 Å². The maximum absolute atomic E-state index is 5.53. The second-order valence-corrected chi connectivity index (χ2v) is 4.85. The first-order valence-corrected chi connectivity index (χ1v) is 6.82. The summed E-state index contributed by atoms with van der Waals surface area (Å²) in [6.45, 7) is 2.20. The van der Waals surface area contributed by atoms with E-state index in [1.807, 2.05) is 12.1 Å². The molecule has 100 valence electrons. The first-order valence-electron chi connectivity index (χ1n) is 6.82. The highest BCUT2D eigenvalue weighted by Gasteiger charge is 2.13. The molecular formula is C15H23NO2. The molecule has 0 heterocycles.